The van der Waals surface area contributed by atoms with Crippen LogP contribution in [0.3, 0.4) is 0 Å². The standard InChI is InChI=1S/C17H17ClN6O4S2/c1-12(29(25,26)24-30(27,28)14-5-3-2-4-6-14)22-16-9-17(21-11-20-16)23-15-8-7-13(18)10-19-15/h2-12,24H,1H3,(H2,19,20,21,22,23). The molecule has 0 saturated heterocycles. The first-order chi connectivity index (χ1) is 14.2. The number of halogens is 1. The van der Waals surface area contributed by atoms with Crippen LogP contribution in [0, 0.1) is 0 Å². The number of nitrogens with zero attached hydrogens (tertiary/aromatic N) is 3. The molecule has 0 fully saturated rings. The molecule has 0 spiro atoms. The molecule has 0 bridgehead atoms. The van der Waals surface area contributed by atoms with E-state index in [9.17, 15) is 16.8 Å². The summed E-state index contributed by atoms with van der Waals surface area (Å²) in [6.07, 6.45) is 2.67. The number of nitrogens with one attached hydrogen (secondary N) is 3. The van der Waals surface area contributed by atoms with Crippen molar-refractivity contribution in [3.8, 4) is 0 Å². The Labute approximate surface area is 178 Å². The molecule has 1 unspecified atom stereocenters. The Morgan fingerprint density at radius 3 is 2.27 bits per heavy atom. The van der Waals surface area contributed by atoms with Gasteiger partial charge in [-0.3, -0.25) is 0 Å². The van der Waals surface area contributed by atoms with Gasteiger partial charge < -0.3 is 10.6 Å². The summed E-state index contributed by atoms with van der Waals surface area (Å²) < 4.78 is 51.4. The smallest absolute Gasteiger partial charge is 0.253 e. The number of rotatable bonds is 8. The number of anilines is 3. The lowest BCUT2D eigenvalue weighted by molar-refractivity contribution is 0.572. The van der Waals surface area contributed by atoms with Crippen LogP contribution in [0.4, 0.5) is 17.5 Å². The van der Waals surface area contributed by atoms with E-state index in [1.807, 2.05) is 0 Å². The van der Waals surface area contributed by atoms with Gasteiger partial charge >= 0.3 is 0 Å². The van der Waals surface area contributed by atoms with Crippen LogP contribution in [0.5, 0.6) is 0 Å². The molecule has 3 N–H and O–H groups in total. The average molecular weight is 469 g/mol. The Morgan fingerprint density at radius 1 is 0.900 bits per heavy atom. The Kier molecular flexibility index (Phi) is 6.51. The minimum absolute atomic E-state index is 0.162. The van der Waals surface area contributed by atoms with Crippen molar-refractivity contribution in [2.24, 2.45) is 0 Å². The minimum Gasteiger partial charge on any atom is -0.353 e. The van der Waals surface area contributed by atoms with E-state index in [0.29, 0.717) is 16.7 Å². The maximum absolute atomic E-state index is 12.5. The van der Waals surface area contributed by atoms with Crippen LogP contribution in [0.2, 0.25) is 5.02 Å². The number of benzene rings is 1. The van der Waals surface area contributed by atoms with Gasteiger partial charge in [-0.1, -0.05) is 29.8 Å². The van der Waals surface area contributed by atoms with Crippen molar-refractivity contribution < 1.29 is 16.8 Å². The van der Waals surface area contributed by atoms with Gasteiger partial charge in [-0.2, -0.15) is 0 Å². The number of sulfonamides is 2. The SMILES string of the molecule is CC(Nc1cc(Nc2ccc(Cl)cn2)ncn1)S(=O)(=O)NS(=O)(=O)c1ccccc1. The van der Waals surface area contributed by atoms with Gasteiger partial charge in [-0.15, -0.1) is 4.13 Å². The molecule has 0 aliphatic carbocycles. The molecule has 2 heterocycles. The molecule has 10 nitrogen and oxygen atoms in total. The minimum atomic E-state index is -4.30. The van der Waals surface area contributed by atoms with Crippen molar-refractivity contribution in [2.45, 2.75) is 17.2 Å². The van der Waals surface area contributed by atoms with E-state index >= 15 is 0 Å². The fourth-order valence-electron chi connectivity index (χ4n) is 2.24. The van der Waals surface area contributed by atoms with Crippen LogP contribution in [0.15, 0.2) is 66.0 Å². The second-order valence-corrected chi connectivity index (χ2v) is 10.4. The van der Waals surface area contributed by atoms with Gasteiger partial charge in [0.15, 0.2) is 0 Å². The van der Waals surface area contributed by atoms with Gasteiger partial charge in [0.05, 0.1) is 9.92 Å². The van der Waals surface area contributed by atoms with Crippen LogP contribution in [0.1, 0.15) is 6.92 Å². The molecular formula is C17H17ClN6O4S2. The largest absolute Gasteiger partial charge is 0.353 e. The molecule has 0 radical (unpaired) electrons. The lowest BCUT2D eigenvalue weighted by Crippen LogP contribution is -2.40. The van der Waals surface area contributed by atoms with Crippen molar-refractivity contribution in [1.82, 2.24) is 19.1 Å². The first kappa shape index (κ1) is 21.9. The highest BCUT2D eigenvalue weighted by Gasteiger charge is 2.28. The van der Waals surface area contributed by atoms with Crippen LogP contribution in [-0.4, -0.2) is 37.2 Å². The highest BCUT2D eigenvalue weighted by Crippen LogP contribution is 2.17. The average Bonchev–Trinajstić information content (AvgIpc) is 2.70. The second-order valence-electron chi connectivity index (χ2n) is 6.01. The summed E-state index contributed by atoms with van der Waals surface area (Å²) in [4.78, 5) is 11.9. The molecule has 3 aromatic rings. The van der Waals surface area contributed by atoms with Gasteiger partial charge in [-0.25, -0.2) is 31.8 Å². The summed E-state index contributed by atoms with van der Waals surface area (Å²) in [5.41, 5.74) is 0. The first-order valence-corrected chi connectivity index (χ1v) is 11.9. The van der Waals surface area contributed by atoms with Gasteiger partial charge in [0.1, 0.15) is 29.2 Å². The zero-order valence-corrected chi connectivity index (χ0v) is 17.9. The Morgan fingerprint density at radius 2 is 1.60 bits per heavy atom. The van der Waals surface area contributed by atoms with Gasteiger partial charge in [0, 0.05) is 12.3 Å². The molecule has 1 atom stereocenters. The quantitative estimate of drug-likeness (QED) is 0.453. The summed E-state index contributed by atoms with van der Waals surface area (Å²) in [5, 5.41) is 4.73. The summed E-state index contributed by atoms with van der Waals surface area (Å²) in [6, 6.07) is 11.9. The number of aromatic nitrogens is 3. The Hall–Kier alpha value is -2.80. The zero-order chi connectivity index (χ0) is 21.8. The monoisotopic (exact) mass is 468 g/mol. The van der Waals surface area contributed by atoms with Crippen LogP contribution >= 0.6 is 11.6 Å². The second kappa shape index (κ2) is 8.92. The highest BCUT2D eigenvalue weighted by molar-refractivity contribution is 8.05. The lowest BCUT2D eigenvalue weighted by atomic mass is 10.4. The maximum atomic E-state index is 12.5. The third kappa shape index (κ3) is 5.63. The molecule has 0 saturated carbocycles. The molecule has 0 amide bonds. The van der Waals surface area contributed by atoms with Gasteiger partial charge in [-0.05, 0) is 31.2 Å². The highest BCUT2D eigenvalue weighted by atomic mass is 35.5. The van der Waals surface area contributed by atoms with Crippen molar-refractivity contribution in [1.29, 1.82) is 0 Å². The van der Waals surface area contributed by atoms with Crippen molar-refractivity contribution >= 4 is 49.1 Å². The van der Waals surface area contributed by atoms with E-state index < -0.39 is 25.4 Å². The molecule has 0 aliphatic rings. The number of pyridine rings is 1. The van der Waals surface area contributed by atoms with E-state index in [2.05, 4.69) is 25.6 Å². The van der Waals surface area contributed by atoms with E-state index in [4.69, 9.17) is 11.6 Å². The molecule has 158 valence electrons. The van der Waals surface area contributed by atoms with Crippen LogP contribution in [0.25, 0.3) is 0 Å². The van der Waals surface area contributed by atoms with Crippen molar-refractivity contribution in [3.63, 3.8) is 0 Å². The fourth-order valence-corrected chi connectivity index (χ4v) is 5.33. The first-order valence-electron chi connectivity index (χ1n) is 8.45. The molecule has 2 aromatic heterocycles. The summed E-state index contributed by atoms with van der Waals surface area (Å²) in [7, 11) is -8.55. The lowest BCUT2D eigenvalue weighted by Gasteiger charge is -2.16. The molecule has 1 aromatic carbocycles. The van der Waals surface area contributed by atoms with Crippen molar-refractivity contribution in [3.05, 3.63) is 66.1 Å². The molecule has 30 heavy (non-hydrogen) atoms. The summed E-state index contributed by atoms with van der Waals surface area (Å²) in [5.74, 6) is 0.980. The number of hydrogen-bond acceptors (Lipinski definition) is 9. The Balaban J connectivity index is 1.71. The van der Waals surface area contributed by atoms with Crippen LogP contribution < -0.4 is 14.8 Å². The molecule has 13 heteroatoms. The number of hydrogen-bond donors (Lipinski definition) is 3. The summed E-state index contributed by atoms with van der Waals surface area (Å²) >= 11 is 5.79. The van der Waals surface area contributed by atoms with E-state index in [1.165, 1.54) is 49.8 Å². The normalized spacial score (nSPS) is 12.9. The van der Waals surface area contributed by atoms with Crippen LogP contribution in [-0.2, 0) is 20.0 Å². The molecular weight excluding hydrogens is 452 g/mol. The van der Waals surface area contributed by atoms with E-state index in [1.54, 1.807) is 22.3 Å². The van der Waals surface area contributed by atoms with E-state index in [0.717, 1.165) is 0 Å². The third-order valence-corrected chi connectivity index (χ3v) is 7.72. The maximum Gasteiger partial charge on any atom is 0.253 e. The molecule has 3 rings (SSSR count). The van der Waals surface area contributed by atoms with Gasteiger partial charge in [0.2, 0.25) is 10.0 Å². The molecule has 0 aliphatic heterocycles. The van der Waals surface area contributed by atoms with Gasteiger partial charge in [0.25, 0.3) is 10.0 Å². The zero-order valence-electron chi connectivity index (χ0n) is 15.5. The summed E-state index contributed by atoms with van der Waals surface area (Å²) in [6.45, 7) is 1.29. The topological polar surface area (TPSA) is 143 Å². The van der Waals surface area contributed by atoms with E-state index in [-0.39, 0.29) is 10.7 Å². The predicted molar refractivity (Wildman–Crippen MR) is 113 cm³/mol. The van der Waals surface area contributed by atoms with Crippen molar-refractivity contribution in [2.75, 3.05) is 10.6 Å². The predicted octanol–water partition coefficient (Wildman–Crippen LogP) is 2.33. The fraction of sp³-hybridized carbons (Fsp3) is 0.118. The third-order valence-electron chi connectivity index (χ3n) is 3.75. The Bertz CT molecular complexity index is 1220.